The molecule has 26 heteroatoms. The summed E-state index contributed by atoms with van der Waals surface area (Å²) in [7, 11) is 0. The van der Waals surface area contributed by atoms with Gasteiger partial charge in [-0.3, -0.25) is 48.1 Å². The van der Waals surface area contributed by atoms with Crippen LogP contribution < -0.4 is 54.4 Å². The third-order valence-corrected chi connectivity index (χ3v) is 10.8. The Morgan fingerprint density at radius 2 is 1.09 bits per heavy atom. The summed E-state index contributed by atoms with van der Waals surface area (Å²) in [4.78, 5) is 134. The number of aliphatic hydroxyl groups is 2. The number of nitrogens with zero attached hydrogens (tertiary/aromatic N) is 1. The molecule has 0 fully saturated rings. The Labute approximate surface area is 405 Å². The minimum absolute atomic E-state index is 0.0473. The number of aliphatic hydroxyl groups excluding tert-OH is 2. The van der Waals surface area contributed by atoms with Crippen LogP contribution in [0.3, 0.4) is 0 Å². The van der Waals surface area contributed by atoms with Gasteiger partial charge in [0.25, 0.3) is 0 Å². The third kappa shape index (κ3) is 22.5. The Hall–Kier alpha value is -6.93. The smallest absolute Gasteiger partial charge is 0.326 e. The van der Waals surface area contributed by atoms with Crippen LogP contribution in [0.25, 0.3) is 0 Å². The zero-order valence-corrected chi connectivity index (χ0v) is 40.2. The van der Waals surface area contributed by atoms with Crippen LogP contribution in [0.4, 0.5) is 0 Å². The summed E-state index contributed by atoms with van der Waals surface area (Å²) in [5.74, 6) is -12.8. The van der Waals surface area contributed by atoms with E-state index in [0.717, 1.165) is 6.92 Å². The standard InChI is InChI=1S/C44H71N11O15/c1-7-22(4)34(54-42(68)35(24(6)57)55-39(65)30(20-32(60)61)52-36(62)26(15-16-31(58)59)49-40(66)33(45)23(5)56)41(67)53-29(19-25-12-9-8-10-13-25)38(64)51-28(18-21(2)3)37(63)50-27(43(69)70)14-11-17-48-44(46)47/h8-10,12-13,21-24,26-30,33-35,56-57H,7,11,14-20,45H2,1-6H3,(H,49,66)(H,50,63)(H,51,64)(H,52,62)(H,53,67)(H,54,68)(H,55,65)(H,58,59)(H,60,61)(H,69,70)(H4,46,47,48)/t22-,23+,24+,26-,27-,28-,29-,30-,33-,34-,35-/m0/s1. The van der Waals surface area contributed by atoms with E-state index in [4.69, 9.17) is 17.2 Å². The normalized spacial score (nSPS) is 15.8. The molecule has 11 atom stereocenters. The Kier molecular flexibility index (Phi) is 26.6. The summed E-state index contributed by atoms with van der Waals surface area (Å²) >= 11 is 0. The number of carboxylic acids is 3. The quantitative estimate of drug-likeness (QED) is 0.0187. The van der Waals surface area contributed by atoms with Gasteiger partial charge in [-0.15, -0.1) is 0 Å². The molecule has 7 amide bonds. The lowest BCUT2D eigenvalue weighted by Gasteiger charge is -2.30. The minimum Gasteiger partial charge on any atom is -0.481 e. The molecule has 1 aromatic rings. The Morgan fingerprint density at radius 1 is 0.586 bits per heavy atom. The van der Waals surface area contributed by atoms with Crippen molar-refractivity contribution in [3.63, 3.8) is 0 Å². The van der Waals surface area contributed by atoms with Crippen molar-refractivity contribution in [2.75, 3.05) is 6.54 Å². The molecule has 0 bridgehead atoms. The van der Waals surface area contributed by atoms with E-state index in [9.17, 15) is 73.5 Å². The highest BCUT2D eigenvalue weighted by Gasteiger charge is 2.38. The van der Waals surface area contributed by atoms with Crippen LogP contribution in [0.2, 0.25) is 0 Å². The Morgan fingerprint density at radius 3 is 1.60 bits per heavy atom. The average molecular weight is 994 g/mol. The minimum atomic E-state index is -1.99. The van der Waals surface area contributed by atoms with Crippen molar-refractivity contribution in [1.82, 2.24) is 37.2 Å². The molecule has 0 saturated heterocycles. The molecule has 0 aliphatic carbocycles. The van der Waals surface area contributed by atoms with Gasteiger partial charge in [-0.2, -0.15) is 0 Å². The van der Waals surface area contributed by atoms with E-state index in [-0.39, 0.29) is 50.5 Å². The van der Waals surface area contributed by atoms with Crippen molar-refractivity contribution >= 4 is 65.2 Å². The number of benzene rings is 1. The monoisotopic (exact) mass is 994 g/mol. The summed E-state index contributed by atoms with van der Waals surface area (Å²) in [6.45, 7) is 9.17. The van der Waals surface area contributed by atoms with Gasteiger partial charge in [-0.05, 0) is 56.9 Å². The second-order valence-electron chi connectivity index (χ2n) is 17.3. The number of hydrogen-bond acceptors (Lipinski definition) is 14. The van der Waals surface area contributed by atoms with E-state index in [1.807, 2.05) is 0 Å². The van der Waals surface area contributed by atoms with Crippen LogP contribution in [0, 0.1) is 11.8 Å². The molecule has 0 aliphatic heterocycles. The molecule has 392 valence electrons. The van der Waals surface area contributed by atoms with Gasteiger partial charge >= 0.3 is 17.9 Å². The second-order valence-corrected chi connectivity index (χ2v) is 17.3. The summed E-state index contributed by atoms with van der Waals surface area (Å²) in [6.07, 6.45) is -5.14. The van der Waals surface area contributed by atoms with Crippen molar-refractivity contribution in [1.29, 1.82) is 0 Å². The molecular formula is C44H71N11O15. The molecule has 1 rings (SSSR count). The van der Waals surface area contributed by atoms with E-state index in [1.165, 1.54) is 6.92 Å². The predicted octanol–water partition coefficient (Wildman–Crippen LogP) is -3.72. The molecule has 0 aliphatic rings. The molecule has 0 radical (unpaired) electrons. The Bertz CT molecular complexity index is 1980. The van der Waals surface area contributed by atoms with E-state index >= 15 is 0 Å². The first-order chi connectivity index (χ1) is 32.7. The first kappa shape index (κ1) is 61.1. The summed E-state index contributed by atoms with van der Waals surface area (Å²) < 4.78 is 0. The molecule has 70 heavy (non-hydrogen) atoms. The number of carbonyl (C=O) groups excluding carboxylic acids is 7. The first-order valence-corrected chi connectivity index (χ1v) is 22.7. The van der Waals surface area contributed by atoms with Crippen LogP contribution in [0.1, 0.15) is 92.1 Å². The number of aliphatic carboxylic acids is 3. The number of hydrogen-bond donors (Lipinski definition) is 15. The van der Waals surface area contributed by atoms with Crippen molar-refractivity contribution < 1.29 is 73.5 Å². The topological polar surface area (TPSA) is 446 Å². The van der Waals surface area contributed by atoms with E-state index < -0.39 is 145 Å². The molecule has 26 nitrogen and oxygen atoms in total. The van der Waals surface area contributed by atoms with Gasteiger partial charge in [0.05, 0.1) is 18.6 Å². The van der Waals surface area contributed by atoms with Gasteiger partial charge in [-0.25, -0.2) is 4.79 Å². The van der Waals surface area contributed by atoms with Gasteiger partial charge in [0.2, 0.25) is 41.4 Å². The van der Waals surface area contributed by atoms with Crippen LogP contribution in [-0.4, -0.2) is 158 Å². The summed E-state index contributed by atoms with van der Waals surface area (Å²) in [5.41, 5.74) is 16.9. The van der Waals surface area contributed by atoms with Crippen molar-refractivity contribution in [2.45, 2.75) is 153 Å². The maximum atomic E-state index is 14.2. The third-order valence-electron chi connectivity index (χ3n) is 10.8. The second kappa shape index (κ2) is 30.5. The van der Waals surface area contributed by atoms with E-state index in [2.05, 4.69) is 42.2 Å². The van der Waals surface area contributed by atoms with E-state index in [0.29, 0.717) is 5.56 Å². The first-order valence-electron chi connectivity index (χ1n) is 22.7. The van der Waals surface area contributed by atoms with Crippen LogP contribution in [0.15, 0.2) is 35.3 Å². The van der Waals surface area contributed by atoms with Gasteiger partial charge in [0, 0.05) is 19.4 Å². The largest absolute Gasteiger partial charge is 0.481 e. The highest BCUT2D eigenvalue weighted by atomic mass is 16.4. The van der Waals surface area contributed by atoms with Gasteiger partial charge < -0.3 is 80.0 Å². The number of amides is 7. The Balaban J connectivity index is 3.49. The van der Waals surface area contributed by atoms with Crippen LogP contribution >= 0.6 is 0 Å². The van der Waals surface area contributed by atoms with E-state index in [1.54, 1.807) is 58.0 Å². The molecule has 0 heterocycles. The number of rotatable bonds is 32. The SMILES string of the molecule is CC[C@H](C)[C@H](NC(=O)[C@@H](NC(=O)[C@H](CC(=O)O)NC(=O)[C@H](CCC(=O)O)NC(=O)[C@@H](N)[C@@H](C)O)[C@@H](C)O)C(=O)N[C@@H](Cc1ccccc1)C(=O)N[C@@H](CC(C)C)C(=O)N[C@@H](CCCN=C(N)N)C(=O)O. The fourth-order valence-corrected chi connectivity index (χ4v) is 6.61. The maximum Gasteiger partial charge on any atom is 0.326 e. The number of carboxylic acid groups (broad SMARTS) is 3. The number of guanidine groups is 1. The molecule has 0 unspecified atom stereocenters. The van der Waals surface area contributed by atoms with Crippen molar-refractivity contribution in [3.8, 4) is 0 Å². The molecule has 0 spiro atoms. The van der Waals surface area contributed by atoms with Gasteiger partial charge in [0.15, 0.2) is 5.96 Å². The molecule has 0 saturated carbocycles. The fraction of sp³-hybridized carbons (Fsp3) is 0.614. The van der Waals surface area contributed by atoms with Crippen LogP contribution in [0.5, 0.6) is 0 Å². The number of aliphatic imine (C=N–C) groups is 1. The van der Waals surface area contributed by atoms with Gasteiger partial charge in [-0.1, -0.05) is 64.4 Å². The zero-order valence-electron chi connectivity index (χ0n) is 40.2. The number of nitrogens with two attached hydrogens (primary N) is 3. The molecular weight excluding hydrogens is 923 g/mol. The lowest BCUT2D eigenvalue weighted by atomic mass is 9.96. The average Bonchev–Trinajstić information content (AvgIpc) is 3.27. The summed E-state index contributed by atoms with van der Waals surface area (Å²) in [5, 5.41) is 65.7. The number of carbonyl (C=O) groups is 10. The molecule has 1 aromatic carbocycles. The maximum absolute atomic E-state index is 14.2. The zero-order chi connectivity index (χ0) is 53.4. The van der Waals surface area contributed by atoms with Gasteiger partial charge in [0.1, 0.15) is 48.3 Å². The lowest BCUT2D eigenvalue weighted by molar-refractivity contribution is -0.143. The van der Waals surface area contributed by atoms with Crippen molar-refractivity contribution in [2.24, 2.45) is 34.0 Å². The highest BCUT2D eigenvalue weighted by molar-refractivity contribution is 5.98. The predicted molar refractivity (Wildman–Crippen MR) is 251 cm³/mol. The molecule has 18 N–H and O–H groups in total. The van der Waals surface area contributed by atoms with Crippen molar-refractivity contribution in [3.05, 3.63) is 35.9 Å². The lowest BCUT2D eigenvalue weighted by Crippen LogP contribution is -2.63. The fourth-order valence-electron chi connectivity index (χ4n) is 6.61. The molecule has 0 aromatic heterocycles. The highest BCUT2D eigenvalue weighted by Crippen LogP contribution is 2.13. The van der Waals surface area contributed by atoms with Crippen LogP contribution in [-0.2, 0) is 54.4 Å². The summed E-state index contributed by atoms with van der Waals surface area (Å²) in [6, 6.07) is -4.24. The number of nitrogens with one attached hydrogen (secondary N) is 7.